The molecule has 0 saturated carbocycles. The second-order valence-electron chi connectivity index (χ2n) is 5.45. The Morgan fingerprint density at radius 1 is 1.20 bits per heavy atom. The summed E-state index contributed by atoms with van der Waals surface area (Å²) in [6, 6.07) is 11.3. The van der Waals surface area contributed by atoms with Gasteiger partial charge in [0.15, 0.2) is 0 Å². The molecule has 2 aromatic carbocycles. The highest BCUT2D eigenvalue weighted by atomic mass is 16.6. The van der Waals surface area contributed by atoms with E-state index in [-0.39, 0.29) is 11.2 Å². The van der Waals surface area contributed by atoms with Crippen LogP contribution in [-0.2, 0) is 0 Å². The van der Waals surface area contributed by atoms with Gasteiger partial charge in [-0.25, -0.2) is 0 Å². The zero-order valence-corrected chi connectivity index (χ0v) is 13.1. The first-order valence-electron chi connectivity index (χ1n) is 7.41. The van der Waals surface area contributed by atoms with E-state index in [1.54, 1.807) is 43.6 Å². The van der Waals surface area contributed by atoms with E-state index in [4.69, 9.17) is 4.74 Å². The van der Waals surface area contributed by atoms with Gasteiger partial charge in [-0.3, -0.25) is 14.9 Å². The summed E-state index contributed by atoms with van der Waals surface area (Å²) in [5.74, 6) is 0.669. The maximum Gasteiger partial charge on any atom is 0.282 e. The number of nitrogens with one attached hydrogen (secondary N) is 1. The molecular formula is C17H12N4O4. The van der Waals surface area contributed by atoms with Crippen LogP contribution in [0.3, 0.4) is 0 Å². The molecule has 8 heteroatoms. The molecule has 8 nitrogen and oxygen atoms in total. The van der Waals surface area contributed by atoms with Gasteiger partial charge in [0.1, 0.15) is 11.4 Å². The SMILES string of the molecule is COc1ccc(-n2nc3c4cc([N+](=O)[O-])ccc4[nH]cc-3c2=O)cc1. The number of H-pyrrole nitrogens is 1. The zero-order valence-electron chi connectivity index (χ0n) is 13.1. The number of non-ortho nitro benzene ring substituents is 1. The first kappa shape index (κ1) is 14.9. The van der Waals surface area contributed by atoms with Crippen molar-refractivity contribution in [1.82, 2.24) is 14.8 Å². The Labute approximate surface area is 140 Å². The summed E-state index contributed by atoms with van der Waals surface area (Å²) in [5.41, 5.74) is 1.67. The van der Waals surface area contributed by atoms with Gasteiger partial charge >= 0.3 is 0 Å². The van der Waals surface area contributed by atoms with Gasteiger partial charge in [-0.05, 0) is 30.3 Å². The molecule has 0 bridgehead atoms. The van der Waals surface area contributed by atoms with Gasteiger partial charge in [-0.15, -0.1) is 0 Å². The third kappa shape index (κ3) is 2.31. The molecule has 124 valence electrons. The number of hydrogen-bond donors (Lipinski definition) is 1. The first-order chi connectivity index (χ1) is 12.1. The lowest BCUT2D eigenvalue weighted by Crippen LogP contribution is -2.14. The molecule has 0 amide bonds. The van der Waals surface area contributed by atoms with E-state index in [9.17, 15) is 14.9 Å². The molecule has 0 atom stereocenters. The zero-order chi connectivity index (χ0) is 17.6. The Kier molecular flexibility index (Phi) is 3.24. The maximum absolute atomic E-state index is 12.7. The predicted octanol–water partition coefficient (Wildman–Crippen LogP) is 2.74. The van der Waals surface area contributed by atoms with Gasteiger partial charge in [0, 0.05) is 29.2 Å². The Morgan fingerprint density at radius 3 is 2.64 bits per heavy atom. The van der Waals surface area contributed by atoms with E-state index in [0.717, 1.165) is 0 Å². The van der Waals surface area contributed by atoms with Crippen molar-refractivity contribution in [3.8, 4) is 22.7 Å². The molecule has 0 spiro atoms. The van der Waals surface area contributed by atoms with Crippen molar-refractivity contribution in [2.45, 2.75) is 0 Å². The van der Waals surface area contributed by atoms with E-state index in [2.05, 4.69) is 10.1 Å². The molecule has 0 unspecified atom stereocenters. The van der Waals surface area contributed by atoms with Gasteiger partial charge in [0.2, 0.25) is 0 Å². The van der Waals surface area contributed by atoms with Crippen LogP contribution in [0.15, 0.2) is 53.5 Å². The molecular weight excluding hydrogens is 324 g/mol. The fraction of sp³-hybridized carbons (Fsp3) is 0.0588. The summed E-state index contributed by atoms with van der Waals surface area (Å²) in [5, 5.41) is 15.9. The Hall–Kier alpha value is -3.68. The van der Waals surface area contributed by atoms with Crippen molar-refractivity contribution in [1.29, 1.82) is 0 Å². The summed E-state index contributed by atoms with van der Waals surface area (Å²) in [6.07, 6.45) is 1.57. The van der Waals surface area contributed by atoms with Gasteiger partial charge < -0.3 is 9.72 Å². The van der Waals surface area contributed by atoms with E-state index in [0.29, 0.717) is 33.6 Å². The minimum Gasteiger partial charge on any atom is -0.497 e. The number of fused-ring (bicyclic) bond motifs is 3. The van der Waals surface area contributed by atoms with Crippen molar-refractivity contribution < 1.29 is 9.66 Å². The highest BCUT2D eigenvalue weighted by Gasteiger charge is 2.20. The van der Waals surface area contributed by atoms with Crippen molar-refractivity contribution in [2.75, 3.05) is 7.11 Å². The van der Waals surface area contributed by atoms with E-state index >= 15 is 0 Å². The molecule has 2 heterocycles. The number of hydrogen-bond acceptors (Lipinski definition) is 5. The third-order valence-electron chi connectivity index (χ3n) is 4.04. The summed E-state index contributed by atoms with van der Waals surface area (Å²) in [4.78, 5) is 26.2. The molecule has 25 heavy (non-hydrogen) atoms. The minimum atomic E-state index is -0.475. The first-order valence-corrected chi connectivity index (χ1v) is 7.41. The van der Waals surface area contributed by atoms with E-state index in [1.807, 2.05) is 0 Å². The smallest absolute Gasteiger partial charge is 0.282 e. The number of nitrogens with zero attached hydrogens (tertiary/aromatic N) is 3. The average molecular weight is 336 g/mol. The number of aromatic amines is 1. The number of aromatic nitrogens is 3. The van der Waals surface area contributed by atoms with Crippen LogP contribution in [0.2, 0.25) is 0 Å². The van der Waals surface area contributed by atoms with Crippen LogP contribution >= 0.6 is 0 Å². The fourth-order valence-corrected chi connectivity index (χ4v) is 2.76. The minimum absolute atomic E-state index is 0.0557. The lowest BCUT2D eigenvalue weighted by Gasteiger charge is -2.02. The van der Waals surface area contributed by atoms with Gasteiger partial charge in [-0.2, -0.15) is 9.78 Å². The summed E-state index contributed by atoms with van der Waals surface area (Å²) in [7, 11) is 1.56. The van der Waals surface area contributed by atoms with E-state index < -0.39 is 4.92 Å². The highest BCUT2D eigenvalue weighted by Crippen LogP contribution is 2.29. The molecule has 1 N–H and O–H groups in total. The third-order valence-corrected chi connectivity index (χ3v) is 4.04. The molecule has 0 fully saturated rings. The monoisotopic (exact) mass is 336 g/mol. The van der Waals surface area contributed by atoms with Gasteiger partial charge in [-0.1, -0.05) is 0 Å². The lowest BCUT2D eigenvalue weighted by molar-refractivity contribution is -0.384. The molecule has 2 aliphatic heterocycles. The van der Waals surface area contributed by atoms with Crippen molar-refractivity contribution >= 4 is 16.6 Å². The average Bonchev–Trinajstić information content (AvgIpc) is 2.98. The van der Waals surface area contributed by atoms with Crippen molar-refractivity contribution in [2.24, 2.45) is 0 Å². The summed E-state index contributed by atoms with van der Waals surface area (Å²) < 4.78 is 6.38. The summed E-state index contributed by atoms with van der Waals surface area (Å²) in [6.45, 7) is 0. The predicted molar refractivity (Wildman–Crippen MR) is 91.5 cm³/mol. The second-order valence-corrected chi connectivity index (χ2v) is 5.45. The van der Waals surface area contributed by atoms with Crippen LogP contribution in [0, 0.1) is 10.1 Å². The van der Waals surface area contributed by atoms with Gasteiger partial charge in [0.05, 0.1) is 23.3 Å². The number of ether oxygens (including phenoxy) is 1. The number of pyridine rings is 1. The van der Waals surface area contributed by atoms with E-state index in [1.165, 1.54) is 16.8 Å². The second kappa shape index (κ2) is 5.45. The van der Waals surface area contributed by atoms with Crippen LogP contribution in [0.1, 0.15) is 0 Å². The van der Waals surface area contributed by atoms with Crippen LogP contribution < -0.4 is 10.3 Å². The van der Waals surface area contributed by atoms with Crippen LogP contribution in [-0.4, -0.2) is 26.8 Å². The number of nitro groups is 1. The molecule has 0 saturated heterocycles. The topological polar surface area (TPSA) is 103 Å². The Balaban J connectivity index is 1.97. The molecule has 2 aromatic rings. The number of rotatable bonds is 3. The number of benzene rings is 2. The van der Waals surface area contributed by atoms with Crippen molar-refractivity contribution in [3.63, 3.8) is 0 Å². The Morgan fingerprint density at radius 2 is 1.96 bits per heavy atom. The Bertz CT molecular complexity index is 1130. The van der Waals surface area contributed by atoms with Crippen LogP contribution in [0.5, 0.6) is 5.75 Å². The lowest BCUT2D eigenvalue weighted by atomic mass is 10.1. The normalized spacial score (nSPS) is 11.1. The summed E-state index contributed by atoms with van der Waals surface area (Å²) >= 11 is 0. The standard InChI is InChI=1S/C17H12N4O4/c1-25-12-5-2-10(3-6-12)20-17(22)14-9-18-15-7-4-11(21(23)24)8-13(15)16(14)19-20/h2-9,18H,1H3. The molecule has 2 aliphatic rings. The molecule has 0 aromatic heterocycles. The quantitative estimate of drug-likeness (QED) is 0.458. The molecule has 0 aliphatic carbocycles. The molecule has 4 rings (SSSR count). The number of nitro benzene ring substituents is 1. The van der Waals surface area contributed by atoms with Crippen LogP contribution in [0.4, 0.5) is 5.69 Å². The van der Waals surface area contributed by atoms with Gasteiger partial charge in [0.25, 0.3) is 11.2 Å². The highest BCUT2D eigenvalue weighted by molar-refractivity contribution is 5.94. The largest absolute Gasteiger partial charge is 0.497 e. The van der Waals surface area contributed by atoms with Crippen molar-refractivity contribution in [3.05, 3.63) is 69.1 Å². The maximum atomic E-state index is 12.7. The fourth-order valence-electron chi connectivity index (χ4n) is 2.76. The molecule has 0 radical (unpaired) electrons. The van der Waals surface area contributed by atoms with Crippen LogP contribution in [0.25, 0.3) is 27.8 Å². The number of methoxy groups -OCH3 is 1.